The molecular weight excluding hydrogens is 307 g/mol. The number of hydrogen-bond acceptors (Lipinski definition) is 2. The molecular formula is C18H29O2PSi. The molecule has 2 nitrogen and oxygen atoms in total. The molecule has 0 amide bonds. The lowest BCUT2D eigenvalue weighted by Crippen LogP contribution is -2.23. The van der Waals surface area contributed by atoms with Crippen LogP contribution in [0, 0.1) is 0 Å². The highest BCUT2D eigenvalue weighted by atomic mass is 31.0. The minimum atomic E-state index is -1.50. The van der Waals surface area contributed by atoms with E-state index in [1.165, 1.54) is 36.5 Å². The quantitative estimate of drug-likeness (QED) is 0.405. The Morgan fingerprint density at radius 1 is 0.909 bits per heavy atom. The van der Waals surface area contributed by atoms with Crippen molar-refractivity contribution in [3.8, 4) is 11.5 Å². The van der Waals surface area contributed by atoms with E-state index in [1.807, 2.05) is 6.66 Å². The van der Waals surface area contributed by atoms with Crippen molar-refractivity contribution in [1.29, 1.82) is 0 Å². The average molecular weight is 336 g/mol. The Kier molecular flexibility index (Phi) is 8.51. The second-order valence-electron chi connectivity index (χ2n) is 5.16. The maximum absolute atomic E-state index is 6.01. The fourth-order valence-electron chi connectivity index (χ4n) is 2.55. The molecule has 22 heavy (non-hydrogen) atoms. The van der Waals surface area contributed by atoms with E-state index in [1.54, 1.807) is 0 Å². The fourth-order valence-corrected chi connectivity index (χ4v) is 4.39. The van der Waals surface area contributed by atoms with Crippen LogP contribution in [0.3, 0.4) is 0 Å². The molecule has 4 heteroatoms. The van der Waals surface area contributed by atoms with Gasteiger partial charge in [0.05, 0.1) is 0 Å². The highest BCUT2D eigenvalue weighted by Gasteiger charge is 2.27. The molecule has 0 aliphatic carbocycles. The Hall–Kier alpha value is -1.05. The smallest absolute Gasteiger partial charge is 0.444 e. The molecule has 1 atom stereocenters. The van der Waals surface area contributed by atoms with Gasteiger partial charge >= 0.3 is 9.28 Å². The first-order chi connectivity index (χ1) is 10.4. The lowest BCUT2D eigenvalue weighted by molar-refractivity contribution is 0.489. The van der Waals surface area contributed by atoms with Crippen LogP contribution >= 0.6 is 9.24 Å². The van der Waals surface area contributed by atoms with Crippen molar-refractivity contribution in [2.45, 2.75) is 46.1 Å². The maximum atomic E-state index is 6.01. The zero-order valence-electron chi connectivity index (χ0n) is 13.0. The third-order valence-electron chi connectivity index (χ3n) is 3.62. The number of unbranched alkanes of at least 4 members (excludes halogenated alkanes) is 3. The molecule has 3 rings (SSSR count). The van der Waals surface area contributed by atoms with Gasteiger partial charge in [0.25, 0.3) is 0 Å². The molecule has 0 fully saturated rings. The van der Waals surface area contributed by atoms with Gasteiger partial charge in [0, 0.05) is 6.04 Å². The number of benzene rings is 2. The van der Waals surface area contributed by atoms with E-state index < -0.39 is 9.28 Å². The van der Waals surface area contributed by atoms with Gasteiger partial charge in [0.1, 0.15) is 11.5 Å². The van der Waals surface area contributed by atoms with Gasteiger partial charge in [-0.25, -0.2) is 0 Å². The molecule has 122 valence electrons. The van der Waals surface area contributed by atoms with Crippen molar-refractivity contribution in [2.75, 3.05) is 6.66 Å². The van der Waals surface area contributed by atoms with Crippen molar-refractivity contribution in [3.63, 3.8) is 0 Å². The molecule has 0 saturated carbocycles. The Morgan fingerprint density at radius 3 is 1.95 bits per heavy atom. The second-order valence-corrected chi connectivity index (χ2v) is 7.07. The Bertz CT molecular complexity index is 530. The first-order valence-electron chi connectivity index (χ1n) is 7.80. The molecule has 0 aromatic heterocycles. The second kappa shape index (κ2) is 9.86. The summed E-state index contributed by atoms with van der Waals surface area (Å²) in [7, 11) is 0.914. The fraction of sp³-hybridized carbons (Fsp3) is 0.444. The van der Waals surface area contributed by atoms with Gasteiger partial charge in [0.15, 0.2) is 0 Å². The summed E-state index contributed by atoms with van der Waals surface area (Å²) in [5.74, 6) is 1.90. The van der Waals surface area contributed by atoms with Crippen LogP contribution in [-0.2, 0) is 0 Å². The summed E-state index contributed by atoms with van der Waals surface area (Å²) < 4.78 is 12.0. The van der Waals surface area contributed by atoms with Crippen LogP contribution < -0.4 is 8.85 Å². The van der Waals surface area contributed by atoms with Crippen LogP contribution in [0.15, 0.2) is 36.4 Å². The van der Waals surface area contributed by atoms with Crippen LogP contribution in [0.2, 0.25) is 6.04 Å². The highest BCUT2D eigenvalue weighted by molar-refractivity contribution is 7.15. The largest absolute Gasteiger partial charge is 0.511 e. The third kappa shape index (κ3) is 4.72. The van der Waals surface area contributed by atoms with Gasteiger partial charge < -0.3 is 8.85 Å². The van der Waals surface area contributed by atoms with E-state index in [9.17, 15) is 0 Å². The third-order valence-corrected chi connectivity index (χ3v) is 5.54. The predicted molar refractivity (Wildman–Crippen MR) is 104 cm³/mol. The average Bonchev–Trinajstić information content (AvgIpc) is 2.92. The summed E-state index contributed by atoms with van der Waals surface area (Å²) >= 11 is 0. The number of hydrogen-bond donors (Lipinski definition) is 0. The van der Waals surface area contributed by atoms with Crippen molar-refractivity contribution >= 4 is 29.3 Å². The van der Waals surface area contributed by atoms with Crippen molar-refractivity contribution < 1.29 is 8.85 Å². The lowest BCUT2D eigenvalue weighted by atomic mass is 10.1. The summed E-state index contributed by atoms with van der Waals surface area (Å²) in [5, 5.41) is 2.45. The zero-order valence-corrected chi connectivity index (χ0v) is 15.3. The van der Waals surface area contributed by atoms with Gasteiger partial charge in [-0.15, -0.1) is 9.24 Å². The summed E-state index contributed by atoms with van der Waals surface area (Å²) in [5.41, 5.74) is 0. The molecule has 0 spiro atoms. The summed E-state index contributed by atoms with van der Waals surface area (Å²) in [4.78, 5) is 0. The highest BCUT2D eigenvalue weighted by Crippen LogP contribution is 2.38. The van der Waals surface area contributed by atoms with Gasteiger partial charge in [0.2, 0.25) is 0 Å². The molecule has 1 unspecified atom stereocenters. The molecule has 0 radical (unpaired) electrons. The zero-order chi connectivity index (χ0) is 15.1. The monoisotopic (exact) mass is 336 g/mol. The lowest BCUT2D eigenvalue weighted by Gasteiger charge is -2.06. The molecule has 1 aliphatic rings. The van der Waals surface area contributed by atoms with Crippen LogP contribution in [0.25, 0.3) is 10.8 Å². The van der Waals surface area contributed by atoms with E-state index in [0.717, 1.165) is 17.5 Å². The molecule has 0 bridgehead atoms. The predicted octanol–water partition coefficient (Wildman–Crippen LogP) is 5.54. The maximum Gasteiger partial charge on any atom is 0.444 e. The normalized spacial score (nSPS) is 12.5. The van der Waals surface area contributed by atoms with Crippen LogP contribution in [-0.4, -0.2) is 15.9 Å². The topological polar surface area (TPSA) is 18.5 Å². The Morgan fingerprint density at radius 2 is 1.45 bits per heavy atom. The Balaban J connectivity index is 0.000000775. The van der Waals surface area contributed by atoms with Crippen LogP contribution in [0.4, 0.5) is 0 Å². The molecule has 1 aliphatic heterocycles. The van der Waals surface area contributed by atoms with Gasteiger partial charge in [-0.3, -0.25) is 0 Å². The van der Waals surface area contributed by atoms with E-state index in [2.05, 4.69) is 52.6 Å². The van der Waals surface area contributed by atoms with Crippen molar-refractivity contribution in [2.24, 2.45) is 0 Å². The summed E-state index contributed by atoms with van der Waals surface area (Å²) in [6.07, 6.45) is 5.13. The minimum absolute atomic E-state index is 0. The van der Waals surface area contributed by atoms with E-state index in [4.69, 9.17) is 8.85 Å². The number of rotatable bonds is 5. The first kappa shape index (κ1) is 19.0. The van der Waals surface area contributed by atoms with E-state index in [0.29, 0.717) is 0 Å². The van der Waals surface area contributed by atoms with Gasteiger partial charge in [-0.05, 0) is 29.3 Å². The molecule has 0 saturated heterocycles. The van der Waals surface area contributed by atoms with Crippen molar-refractivity contribution in [3.05, 3.63) is 36.4 Å². The Labute approximate surface area is 139 Å². The van der Waals surface area contributed by atoms with E-state index >= 15 is 0 Å². The summed E-state index contributed by atoms with van der Waals surface area (Å²) in [6.45, 7) is 4.15. The van der Waals surface area contributed by atoms with Crippen molar-refractivity contribution in [1.82, 2.24) is 0 Å². The SMILES string of the molecule is C.CCCCCC[SiH]1Oc2cc3ccccc3cc2O1.CP. The molecule has 2 aromatic rings. The minimum Gasteiger partial charge on any atom is -0.511 e. The molecule has 0 N–H and O–H groups in total. The van der Waals surface area contributed by atoms with Gasteiger partial charge in [-0.2, -0.15) is 0 Å². The summed E-state index contributed by atoms with van der Waals surface area (Å²) in [6, 6.07) is 13.7. The number of fused-ring (bicyclic) bond motifs is 2. The standard InChI is InChI=1S/C16H20O2Si.CH5P.CH4/c1-2-3-4-7-10-19-17-15-11-13-8-5-6-9-14(13)12-16(15)18-19;1-2;/h5-6,8-9,11-12,19H,2-4,7,10H2,1H3;2H2,1H3;1H4. The molecule has 1 heterocycles. The van der Waals surface area contributed by atoms with Gasteiger partial charge in [-0.1, -0.05) is 64.5 Å². The van der Waals surface area contributed by atoms with Crippen LogP contribution in [0.5, 0.6) is 11.5 Å². The molecule has 2 aromatic carbocycles. The first-order valence-corrected chi connectivity index (χ1v) is 10.7. The van der Waals surface area contributed by atoms with Crippen LogP contribution in [0.1, 0.15) is 40.0 Å². The van der Waals surface area contributed by atoms with E-state index in [-0.39, 0.29) is 7.43 Å².